The van der Waals surface area contributed by atoms with Gasteiger partial charge in [0.2, 0.25) is 5.91 Å². The molecule has 3 rings (SSSR count). The van der Waals surface area contributed by atoms with Crippen LogP contribution in [0.4, 0.5) is 5.69 Å². The van der Waals surface area contributed by atoms with E-state index in [1.165, 1.54) is 23.9 Å². The zero-order valence-electron chi connectivity index (χ0n) is 12.3. The average Bonchev–Trinajstić information content (AvgIpc) is 2.59. The molecule has 4 N–H and O–H groups in total. The van der Waals surface area contributed by atoms with Crippen LogP contribution < -0.4 is 16.2 Å². The minimum absolute atomic E-state index is 0.0481. The van der Waals surface area contributed by atoms with Crippen molar-refractivity contribution in [3.63, 3.8) is 0 Å². The molecule has 0 saturated carbocycles. The van der Waals surface area contributed by atoms with Crippen LogP contribution in [-0.4, -0.2) is 28.6 Å². The van der Waals surface area contributed by atoms with Gasteiger partial charge >= 0.3 is 0 Å². The lowest BCUT2D eigenvalue weighted by atomic mass is 10.2. The van der Waals surface area contributed by atoms with Crippen molar-refractivity contribution >= 4 is 35.2 Å². The number of phenolic OH excluding ortho intramolecular Hbond substituents is 1. The highest BCUT2D eigenvalue weighted by Gasteiger charge is 2.18. The molecule has 0 aromatic heterocycles. The van der Waals surface area contributed by atoms with Crippen LogP contribution in [0.2, 0.25) is 0 Å². The highest BCUT2D eigenvalue weighted by atomic mass is 32.2. The number of carbonyl (C=O) groups is 3. The van der Waals surface area contributed by atoms with E-state index in [4.69, 9.17) is 0 Å². The van der Waals surface area contributed by atoms with Crippen molar-refractivity contribution in [3.8, 4) is 5.75 Å². The Morgan fingerprint density at radius 3 is 2.62 bits per heavy atom. The molecule has 1 aliphatic rings. The predicted molar refractivity (Wildman–Crippen MR) is 88.8 cm³/mol. The van der Waals surface area contributed by atoms with Crippen molar-refractivity contribution in [2.24, 2.45) is 0 Å². The molecule has 0 spiro atoms. The van der Waals surface area contributed by atoms with Gasteiger partial charge in [-0.15, -0.1) is 11.8 Å². The number of carbonyl (C=O) groups excluding carboxylic acids is 3. The molecular formula is C16H13N3O4S. The maximum atomic E-state index is 12.1. The van der Waals surface area contributed by atoms with E-state index in [1.807, 2.05) is 0 Å². The second-order valence-electron chi connectivity index (χ2n) is 4.97. The number of rotatable bonds is 2. The van der Waals surface area contributed by atoms with Crippen molar-refractivity contribution in [1.29, 1.82) is 0 Å². The third kappa shape index (κ3) is 3.33. The fourth-order valence-electron chi connectivity index (χ4n) is 2.14. The second kappa shape index (κ2) is 6.63. The van der Waals surface area contributed by atoms with Gasteiger partial charge in [-0.3, -0.25) is 25.2 Å². The monoisotopic (exact) mass is 343 g/mol. The molecule has 0 atom stereocenters. The van der Waals surface area contributed by atoms with Crippen LogP contribution in [0.15, 0.2) is 47.4 Å². The number of anilines is 1. The lowest BCUT2D eigenvalue weighted by Gasteiger charge is -2.17. The fraction of sp³-hybridized carbons (Fsp3) is 0.0625. The number of hydrazine groups is 1. The molecule has 3 amide bonds. The molecule has 24 heavy (non-hydrogen) atoms. The molecule has 7 nitrogen and oxygen atoms in total. The Bertz CT molecular complexity index is 838. The molecule has 0 bridgehead atoms. The standard InChI is InChI=1S/C16H13N3O4S/c20-12-4-2-1-3-10(12)16(23)19-18-15(22)9-5-6-13-11(7-9)17-14(21)8-24-13/h1-7,20H,8H2,(H,17,21)(H,18,22)(H,19,23). The summed E-state index contributed by atoms with van der Waals surface area (Å²) in [6.07, 6.45) is 0. The zero-order chi connectivity index (χ0) is 17.1. The topological polar surface area (TPSA) is 108 Å². The molecule has 1 aliphatic heterocycles. The first-order chi connectivity index (χ1) is 11.5. The van der Waals surface area contributed by atoms with Crippen LogP contribution in [0.5, 0.6) is 5.75 Å². The first-order valence-corrected chi connectivity index (χ1v) is 7.98. The van der Waals surface area contributed by atoms with Gasteiger partial charge in [-0.1, -0.05) is 12.1 Å². The van der Waals surface area contributed by atoms with Crippen LogP contribution >= 0.6 is 11.8 Å². The molecule has 0 aliphatic carbocycles. The smallest absolute Gasteiger partial charge is 0.273 e. The van der Waals surface area contributed by atoms with Gasteiger partial charge in [-0.25, -0.2) is 0 Å². The SMILES string of the molecule is O=C1CSc2ccc(C(=O)NNC(=O)c3ccccc3O)cc2N1. The largest absolute Gasteiger partial charge is 0.507 e. The summed E-state index contributed by atoms with van der Waals surface area (Å²) in [5.41, 5.74) is 5.41. The number of phenols is 1. The minimum Gasteiger partial charge on any atom is -0.507 e. The predicted octanol–water partition coefficient (Wildman–Crippen LogP) is 1.51. The van der Waals surface area contributed by atoms with E-state index in [-0.39, 0.29) is 22.8 Å². The van der Waals surface area contributed by atoms with Gasteiger partial charge in [0.15, 0.2) is 0 Å². The average molecular weight is 343 g/mol. The lowest BCUT2D eigenvalue weighted by molar-refractivity contribution is -0.113. The molecule has 0 fully saturated rings. The van der Waals surface area contributed by atoms with Crippen LogP contribution in [0.1, 0.15) is 20.7 Å². The highest BCUT2D eigenvalue weighted by Crippen LogP contribution is 2.31. The van der Waals surface area contributed by atoms with E-state index >= 15 is 0 Å². The van der Waals surface area contributed by atoms with Gasteiger partial charge in [0.1, 0.15) is 5.75 Å². The van der Waals surface area contributed by atoms with Crippen LogP contribution in [-0.2, 0) is 4.79 Å². The summed E-state index contributed by atoms with van der Waals surface area (Å²) >= 11 is 1.39. The van der Waals surface area contributed by atoms with E-state index in [1.54, 1.807) is 30.3 Å². The van der Waals surface area contributed by atoms with Crippen molar-refractivity contribution in [1.82, 2.24) is 10.9 Å². The summed E-state index contributed by atoms with van der Waals surface area (Å²) in [4.78, 5) is 36.3. The molecule has 1 heterocycles. The summed E-state index contributed by atoms with van der Waals surface area (Å²) in [5, 5.41) is 12.3. The third-order valence-corrected chi connectivity index (χ3v) is 4.39. The number of amides is 3. The number of nitrogens with one attached hydrogen (secondary N) is 3. The van der Waals surface area contributed by atoms with Crippen molar-refractivity contribution < 1.29 is 19.5 Å². The zero-order valence-corrected chi connectivity index (χ0v) is 13.1. The number of hydrogen-bond donors (Lipinski definition) is 4. The highest BCUT2D eigenvalue weighted by molar-refractivity contribution is 8.00. The van der Waals surface area contributed by atoms with E-state index in [2.05, 4.69) is 16.2 Å². The van der Waals surface area contributed by atoms with Crippen molar-refractivity contribution in [2.45, 2.75) is 4.90 Å². The fourth-order valence-corrected chi connectivity index (χ4v) is 2.93. The summed E-state index contributed by atoms with van der Waals surface area (Å²) in [5.74, 6) is -1.14. The van der Waals surface area contributed by atoms with Crippen LogP contribution in [0, 0.1) is 0 Å². The van der Waals surface area contributed by atoms with Gasteiger partial charge < -0.3 is 10.4 Å². The van der Waals surface area contributed by atoms with Crippen molar-refractivity contribution in [3.05, 3.63) is 53.6 Å². The second-order valence-corrected chi connectivity index (χ2v) is 5.99. The summed E-state index contributed by atoms with van der Waals surface area (Å²) in [6.45, 7) is 0. The molecule has 2 aromatic carbocycles. The maximum absolute atomic E-state index is 12.1. The molecule has 0 saturated heterocycles. The molecular weight excluding hydrogens is 330 g/mol. The van der Waals surface area contributed by atoms with E-state index in [0.717, 1.165) is 4.90 Å². The first kappa shape index (κ1) is 15.9. The Morgan fingerprint density at radius 2 is 1.83 bits per heavy atom. The van der Waals surface area contributed by atoms with E-state index in [0.29, 0.717) is 11.4 Å². The third-order valence-electron chi connectivity index (χ3n) is 3.31. The number of fused-ring (bicyclic) bond motifs is 1. The summed E-state index contributed by atoms with van der Waals surface area (Å²) < 4.78 is 0. The first-order valence-electron chi connectivity index (χ1n) is 7.00. The van der Waals surface area contributed by atoms with Gasteiger partial charge in [0.05, 0.1) is 17.0 Å². The minimum atomic E-state index is -0.636. The molecule has 0 radical (unpaired) electrons. The van der Waals surface area contributed by atoms with E-state index in [9.17, 15) is 19.5 Å². The van der Waals surface area contributed by atoms with Crippen LogP contribution in [0.25, 0.3) is 0 Å². The maximum Gasteiger partial charge on any atom is 0.273 e. The number of aromatic hydroxyl groups is 1. The molecule has 0 unspecified atom stereocenters. The quantitative estimate of drug-likeness (QED) is 0.618. The Morgan fingerprint density at radius 1 is 1.08 bits per heavy atom. The Kier molecular flexibility index (Phi) is 4.39. The number of hydrogen-bond acceptors (Lipinski definition) is 5. The van der Waals surface area contributed by atoms with Gasteiger partial charge in [0.25, 0.3) is 11.8 Å². The number of benzene rings is 2. The number of thioether (sulfide) groups is 1. The van der Waals surface area contributed by atoms with E-state index < -0.39 is 11.8 Å². The Balaban J connectivity index is 1.67. The number of para-hydroxylation sites is 1. The molecule has 122 valence electrons. The lowest BCUT2D eigenvalue weighted by Crippen LogP contribution is -2.41. The Hall–Kier alpha value is -3.00. The van der Waals surface area contributed by atoms with Gasteiger partial charge in [-0.2, -0.15) is 0 Å². The Labute approximate surface area is 141 Å². The normalized spacial score (nSPS) is 12.8. The summed E-state index contributed by atoms with van der Waals surface area (Å²) in [7, 11) is 0. The van der Waals surface area contributed by atoms with Gasteiger partial charge in [0, 0.05) is 10.5 Å². The molecule has 2 aromatic rings. The molecule has 8 heteroatoms. The van der Waals surface area contributed by atoms with Crippen LogP contribution in [0.3, 0.4) is 0 Å². The van der Waals surface area contributed by atoms with Gasteiger partial charge in [-0.05, 0) is 30.3 Å². The summed E-state index contributed by atoms with van der Waals surface area (Å²) in [6, 6.07) is 10.9. The van der Waals surface area contributed by atoms with Crippen molar-refractivity contribution in [2.75, 3.05) is 11.1 Å².